The van der Waals surface area contributed by atoms with Gasteiger partial charge in [-0.1, -0.05) is 0 Å². The third kappa shape index (κ3) is 4.26. The van der Waals surface area contributed by atoms with E-state index >= 15 is 0 Å². The van der Waals surface area contributed by atoms with Crippen molar-refractivity contribution in [2.24, 2.45) is 0 Å². The Morgan fingerprint density at radius 1 is 1.00 bits per heavy atom. The minimum Gasteiger partial charge on any atom is -0.459 e. The van der Waals surface area contributed by atoms with Crippen molar-refractivity contribution in [2.45, 2.75) is 0 Å². The van der Waals surface area contributed by atoms with Crippen LogP contribution in [0.3, 0.4) is 0 Å². The summed E-state index contributed by atoms with van der Waals surface area (Å²) in [6.07, 6.45) is 3.00. The Bertz CT molecular complexity index is 980. The van der Waals surface area contributed by atoms with Gasteiger partial charge in [0.05, 0.1) is 11.8 Å². The second kappa shape index (κ2) is 8.14. The highest BCUT2D eigenvalue weighted by molar-refractivity contribution is 6.04. The maximum absolute atomic E-state index is 13.0. The molecule has 1 saturated heterocycles. The molecule has 0 bridgehead atoms. The van der Waals surface area contributed by atoms with Gasteiger partial charge in [0, 0.05) is 38.1 Å². The summed E-state index contributed by atoms with van der Waals surface area (Å²) in [6.45, 7) is 2.41. The van der Waals surface area contributed by atoms with E-state index in [0.717, 1.165) is 5.82 Å². The van der Waals surface area contributed by atoms with Gasteiger partial charge in [-0.2, -0.15) is 0 Å². The number of anilines is 2. The van der Waals surface area contributed by atoms with Crippen molar-refractivity contribution in [1.29, 1.82) is 0 Å². The lowest BCUT2D eigenvalue weighted by atomic mass is 10.2. The van der Waals surface area contributed by atoms with Crippen LogP contribution in [0.5, 0.6) is 0 Å². The van der Waals surface area contributed by atoms with E-state index in [1.54, 1.807) is 29.2 Å². The number of benzene rings is 1. The number of carbonyl (C=O) groups excluding carboxylic acids is 2. The normalized spacial score (nSPS) is 14.0. The maximum Gasteiger partial charge on any atom is 0.289 e. The number of rotatable bonds is 4. The molecule has 29 heavy (non-hydrogen) atoms. The molecule has 4 rings (SSSR count). The molecule has 1 aromatic carbocycles. The van der Waals surface area contributed by atoms with Gasteiger partial charge in [0.25, 0.3) is 11.8 Å². The fraction of sp³-hybridized carbons (Fsp3) is 0.190. The van der Waals surface area contributed by atoms with Crippen LogP contribution in [0.4, 0.5) is 15.9 Å². The molecule has 1 aliphatic heterocycles. The number of hydrogen-bond donors (Lipinski definition) is 1. The Labute approximate surface area is 166 Å². The van der Waals surface area contributed by atoms with Crippen LogP contribution in [0.1, 0.15) is 20.9 Å². The second-order valence-corrected chi connectivity index (χ2v) is 6.62. The van der Waals surface area contributed by atoms with Crippen LogP contribution in [-0.4, -0.2) is 47.9 Å². The van der Waals surface area contributed by atoms with Gasteiger partial charge in [-0.25, -0.2) is 9.37 Å². The monoisotopic (exact) mass is 394 g/mol. The van der Waals surface area contributed by atoms with Gasteiger partial charge >= 0.3 is 0 Å². The molecule has 148 valence electrons. The molecule has 0 saturated carbocycles. The molecule has 2 aromatic heterocycles. The van der Waals surface area contributed by atoms with Crippen molar-refractivity contribution >= 4 is 23.3 Å². The van der Waals surface area contributed by atoms with Gasteiger partial charge < -0.3 is 19.5 Å². The van der Waals surface area contributed by atoms with Gasteiger partial charge in [-0.3, -0.25) is 9.59 Å². The highest BCUT2D eigenvalue weighted by Crippen LogP contribution is 2.17. The standard InChI is InChI=1S/C21H19FN4O3/c22-16-4-6-17(7-5-16)24-20(27)15-3-8-19(23-14-15)25-9-11-26(12-10-25)21(28)18-2-1-13-29-18/h1-8,13-14H,9-12H2,(H,24,27). The fourth-order valence-corrected chi connectivity index (χ4v) is 3.14. The quantitative estimate of drug-likeness (QED) is 0.736. The highest BCUT2D eigenvalue weighted by Gasteiger charge is 2.24. The third-order valence-electron chi connectivity index (χ3n) is 4.73. The van der Waals surface area contributed by atoms with Crippen LogP contribution in [0.25, 0.3) is 0 Å². The molecule has 0 radical (unpaired) electrons. The van der Waals surface area contributed by atoms with Crippen LogP contribution in [0.15, 0.2) is 65.4 Å². The summed E-state index contributed by atoms with van der Waals surface area (Å²) in [4.78, 5) is 32.8. The Balaban J connectivity index is 1.34. The lowest BCUT2D eigenvalue weighted by Crippen LogP contribution is -2.49. The number of halogens is 1. The zero-order valence-electron chi connectivity index (χ0n) is 15.5. The predicted octanol–water partition coefficient (Wildman–Crippen LogP) is 3.03. The average molecular weight is 394 g/mol. The van der Waals surface area contributed by atoms with Crippen molar-refractivity contribution in [1.82, 2.24) is 9.88 Å². The number of pyridine rings is 1. The molecule has 8 heteroatoms. The van der Waals surface area contributed by atoms with Gasteiger partial charge in [-0.15, -0.1) is 0 Å². The maximum atomic E-state index is 13.0. The molecule has 0 unspecified atom stereocenters. The number of aromatic nitrogens is 1. The number of hydrogen-bond acceptors (Lipinski definition) is 5. The molecule has 1 aliphatic rings. The van der Waals surface area contributed by atoms with E-state index in [2.05, 4.69) is 15.2 Å². The highest BCUT2D eigenvalue weighted by atomic mass is 19.1. The third-order valence-corrected chi connectivity index (χ3v) is 4.73. The SMILES string of the molecule is O=C(Nc1ccc(F)cc1)c1ccc(N2CCN(C(=O)c3ccco3)CC2)nc1. The molecule has 7 nitrogen and oxygen atoms in total. The summed E-state index contributed by atoms with van der Waals surface area (Å²) in [6, 6.07) is 12.4. The number of carbonyl (C=O) groups is 2. The first-order valence-corrected chi connectivity index (χ1v) is 9.21. The van der Waals surface area contributed by atoms with Crippen molar-refractivity contribution in [3.05, 3.63) is 78.1 Å². The van der Waals surface area contributed by atoms with E-state index in [4.69, 9.17) is 4.42 Å². The first-order chi connectivity index (χ1) is 14.1. The summed E-state index contributed by atoms with van der Waals surface area (Å²) in [7, 11) is 0. The molecule has 3 heterocycles. The van der Waals surface area contributed by atoms with Gasteiger partial charge in [0.2, 0.25) is 0 Å². The number of nitrogens with one attached hydrogen (secondary N) is 1. The topological polar surface area (TPSA) is 78.7 Å². The van der Waals surface area contributed by atoms with Gasteiger partial charge in [0.1, 0.15) is 11.6 Å². The molecule has 3 aromatic rings. The minimum absolute atomic E-state index is 0.115. The minimum atomic E-state index is -0.361. The van der Waals surface area contributed by atoms with Crippen molar-refractivity contribution in [3.8, 4) is 0 Å². The Morgan fingerprint density at radius 2 is 1.76 bits per heavy atom. The fourth-order valence-electron chi connectivity index (χ4n) is 3.14. The smallest absolute Gasteiger partial charge is 0.289 e. The van der Waals surface area contributed by atoms with Crippen LogP contribution < -0.4 is 10.2 Å². The summed E-state index contributed by atoms with van der Waals surface area (Å²) < 4.78 is 18.1. The van der Waals surface area contributed by atoms with Crippen LogP contribution in [-0.2, 0) is 0 Å². The number of piperazine rings is 1. The predicted molar refractivity (Wildman–Crippen MR) is 105 cm³/mol. The zero-order valence-corrected chi connectivity index (χ0v) is 15.5. The van der Waals surface area contributed by atoms with E-state index in [1.807, 2.05) is 0 Å². The lowest BCUT2D eigenvalue weighted by molar-refractivity contribution is 0.0714. The zero-order chi connectivity index (χ0) is 20.2. The van der Waals surface area contributed by atoms with Crippen molar-refractivity contribution in [2.75, 3.05) is 36.4 Å². The summed E-state index contributed by atoms with van der Waals surface area (Å²) in [5.74, 6) is 0.293. The van der Waals surface area contributed by atoms with Crippen LogP contribution in [0.2, 0.25) is 0 Å². The van der Waals surface area contributed by atoms with E-state index < -0.39 is 0 Å². The van der Waals surface area contributed by atoms with Crippen LogP contribution in [0, 0.1) is 5.82 Å². The van der Waals surface area contributed by atoms with E-state index in [9.17, 15) is 14.0 Å². The summed E-state index contributed by atoms with van der Waals surface area (Å²) in [5, 5.41) is 2.70. The summed E-state index contributed by atoms with van der Waals surface area (Å²) in [5.41, 5.74) is 0.919. The van der Waals surface area contributed by atoms with Gasteiger partial charge in [0.15, 0.2) is 5.76 Å². The Morgan fingerprint density at radius 3 is 2.38 bits per heavy atom. The van der Waals surface area contributed by atoms with E-state index in [0.29, 0.717) is 43.2 Å². The number of amides is 2. The lowest BCUT2D eigenvalue weighted by Gasteiger charge is -2.35. The molecule has 0 aliphatic carbocycles. The van der Waals surface area contributed by atoms with Crippen LogP contribution >= 0.6 is 0 Å². The van der Waals surface area contributed by atoms with Crippen molar-refractivity contribution in [3.63, 3.8) is 0 Å². The molecule has 0 atom stereocenters. The first kappa shape index (κ1) is 18.7. The average Bonchev–Trinajstić information content (AvgIpc) is 3.30. The molecular formula is C21H19FN4O3. The van der Waals surface area contributed by atoms with E-state index in [1.165, 1.54) is 36.7 Å². The molecule has 1 N–H and O–H groups in total. The summed E-state index contributed by atoms with van der Waals surface area (Å²) >= 11 is 0. The molecule has 2 amide bonds. The largest absolute Gasteiger partial charge is 0.459 e. The number of furan rings is 1. The van der Waals surface area contributed by atoms with E-state index in [-0.39, 0.29) is 17.6 Å². The molecular weight excluding hydrogens is 375 g/mol. The Hall–Kier alpha value is -3.68. The van der Waals surface area contributed by atoms with Gasteiger partial charge in [-0.05, 0) is 48.5 Å². The first-order valence-electron chi connectivity index (χ1n) is 9.21. The second-order valence-electron chi connectivity index (χ2n) is 6.62. The number of nitrogens with zero attached hydrogens (tertiary/aromatic N) is 3. The molecule has 0 spiro atoms. The Kier molecular flexibility index (Phi) is 5.24. The molecule has 1 fully saturated rings. The van der Waals surface area contributed by atoms with Crippen molar-refractivity contribution < 1.29 is 18.4 Å².